The van der Waals surface area contributed by atoms with Crippen molar-refractivity contribution in [3.8, 4) is 0 Å². The Labute approximate surface area is 162 Å². The van der Waals surface area contributed by atoms with Gasteiger partial charge in [-0.15, -0.1) is 0 Å². The van der Waals surface area contributed by atoms with E-state index in [9.17, 15) is 0 Å². The molecule has 3 heterocycles. The number of benzene rings is 2. The third-order valence-electron chi connectivity index (χ3n) is 4.92. The maximum atomic E-state index is 4.70. The van der Waals surface area contributed by atoms with E-state index in [4.69, 9.17) is 4.98 Å². The van der Waals surface area contributed by atoms with Crippen LogP contribution in [0.15, 0.2) is 60.8 Å². The molecule has 28 heavy (non-hydrogen) atoms. The molecule has 0 aliphatic rings. The second-order valence-electron chi connectivity index (χ2n) is 7.29. The lowest BCUT2D eigenvalue weighted by molar-refractivity contribution is 0.973. The van der Waals surface area contributed by atoms with Gasteiger partial charge in [-0.3, -0.25) is 0 Å². The van der Waals surface area contributed by atoms with Gasteiger partial charge < -0.3 is 15.3 Å². The monoisotopic (exact) mass is 367 g/mol. The standard InChI is InChI=1S/C23H21N5/c1-14-9-17-11-16(3-5-20(17)25-14)12-23-24-8-7-22(28-23)27-19-4-6-21-18(13-19)10-15(2)26-21/h3-11,13,25-26H,12H2,1-2H3,(H,24,27,28). The van der Waals surface area contributed by atoms with E-state index in [0.29, 0.717) is 6.42 Å². The summed E-state index contributed by atoms with van der Waals surface area (Å²) in [5, 5.41) is 5.80. The molecule has 138 valence electrons. The average molecular weight is 367 g/mol. The molecule has 0 unspecified atom stereocenters. The van der Waals surface area contributed by atoms with Crippen LogP contribution in [0.2, 0.25) is 0 Å². The summed E-state index contributed by atoms with van der Waals surface area (Å²) in [5.41, 5.74) is 6.85. The number of fused-ring (bicyclic) bond motifs is 2. The Bertz CT molecular complexity index is 1200. The van der Waals surface area contributed by atoms with E-state index in [2.05, 4.69) is 82.6 Å². The van der Waals surface area contributed by atoms with E-state index in [1.807, 2.05) is 12.3 Å². The van der Waals surface area contributed by atoms with Crippen LogP contribution >= 0.6 is 0 Å². The first-order chi connectivity index (χ1) is 13.6. The molecular formula is C23H21N5. The first-order valence-corrected chi connectivity index (χ1v) is 9.39. The van der Waals surface area contributed by atoms with Crippen molar-refractivity contribution < 1.29 is 0 Å². The molecule has 5 rings (SSSR count). The number of aryl methyl sites for hydroxylation is 2. The van der Waals surface area contributed by atoms with Crippen LogP contribution in [0.1, 0.15) is 22.8 Å². The maximum Gasteiger partial charge on any atom is 0.135 e. The van der Waals surface area contributed by atoms with Gasteiger partial charge in [0.05, 0.1) is 0 Å². The van der Waals surface area contributed by atoms with Crippen LogP contribution < -0.4 is 5.32 Å². The molecule has 2 aromatic carbocycles. The fourth-order valence-electron chi connectivity index (χ4n) is 3.68. The van der Waals surface area contributed by atoms with Crippen molar-refractivity contribution in [2.24, 2.45) is 0 Å². The van der Waals surface area contributed by atoms with Crippen molar-refractivity contribution in [1.29, 1.82) is 0 Å². The van der Waals surface area contributed by atoms with E-state index in [1.165, 1.54) is 22.0 Å². The number of H-pyrrole nitrogens is 2. The van der Waals surface area contributed by atoms with Crippen LogP contribution in [-0.4, -0.2) is 19.9 Å². The van der Waals surface area contributed by atoms with E-state index in [-0.39, 0.29) is 0 Å². The van der Waals surface area contributed by atoms with Gasteiger partial charge in [-0.2, -0.15) is 0 Å². The van der Waals surface area contributed by atoms with Gasteiger partial charge in [0, 0.05) is 46.1 Å². The summed E-state index contributed by atoms with van der Waals surface area (Å²) in [6.45, 7) is 4.14. The first kappa shape index (κ1) is 16.6. The molecule has 0 saturated heterocycles. The minimum Gasteiger partial charge on any atom is -0.359 e. The van der Waals surface area contributed by atoms with Crippen LogP contribution in [0.5, 0.6) is 0 Å². The first-order valence-electron chi connectivity index (χ1n) is 9.39. The highest BCUT2D eigenvalue weighted by Gasteiger charge is 2.05. The van der Waals surface area contributed by atoms with Gasteiger partial charge in [0.25, 0.3) is 0 Å². The van der Waals surface area contributed by atoms with Crippen molar-refractivity contribution in [2.45, 2.75) is 20.3 Å². The van der Waals surface area contributed by atoms with Crippen molar-refractivity contribution >= 4 is 33.3 Å². The molecule has 5 aromatic rings. The summed E-state index contributed by atoms with van der Waals surface area (Å²) in [6, 6.07) is 18.9. The Morgan fingerprint density at radius 2 is 1.54 bits per heavy atom. The number of nitrogens with zero attached hydrogens (tertiary/aromatic N) is 2. The maximum absolute atomic E-state index is 4.70. The lowest BCUT2D eigenvalue weighted by atomic mass is 10.1. The summed E-state index contributed by atoms with van der Waals surface area (Å²) in [4.78, 5) is 15.8. The van der Waals surface area contributed by atoms with Crippen LogP contribution in [-0.2, 0) is 6.42 Å². The number of aromatic amines is 2. The molecule has 5 nitrogen and oxygen atoms in total. The zero-order valence-electron chi connectivity index (χ0n) is 15.9. The summed E-state index contributed by atoms with van der Waals surface area (Å²) in [7, 11) is 0. The molecular weight excluding hydrogens is 346 g/mol. The Morgan fingerprint density at radius 3 is 2.32 bits per heavy atom. The third kappa shape index (κ3) is 3.22. The SMILES string of the molecule is Cc1cc2cc(Cc3nccc(Nc4ccc5[nH]c(C)cc5c4)n3)ccc2[nH]1. The molecule has 0 aliphatic heterocycles. The van der Waals surface area contributed by atoms with Crippen molar-refractivity contribution in [3.63, 3.8) is 0 Å². The van der Waals surface area contributed by atoms with Crippen molar-refractivity contribution in [1.82, 2.24) is 19.9 Å². The molecule has 0 radical (unpaired) electrons. The number of hydrogen-bond donors (Lipinski definition) is 3. The molecule has 0 atom stereocenters. The van der Waals surface area contributed by atoms with Gasteiger partial charge >= 0.3 is 0 Å². The number of aromatic nitrogens is 4. The quantitative estimate of drug-likeness (QED) is 0.399. The molecule has 0 fully saturated rings. The second-order valence-corrected chi connectivity index (χ2v) is 7.29. The van der Waals surface area contributed by atoms with Crippen LogP contribution in [0.4, 0.5) is 11.5 Å². The molecule has 5 heteroatoms. The van der Waals surface area contributed by atoms with E-state index in [0.717, 1.165) is 34.1 Å². The fraction of sp³-hybridized carbons (Fsp3) is 0.130. The Kier molecular flexibility index (Phi) is 3.86. The van der Waals surface area contributed by atoms with E-state index >= 15 is 0 Å². The lowest BCUT2D eigenvalue weighted by Crippen LogP contribution is -2.00. The predicted octanol–water partition coefficient (Wildman–Crippen LogP) is 5.39. The number of nitrogens with one attached hydrogen (secondary N) is 3. The van der Waals surface area contributed by atoms with Gasteiger partial charge in [0.15, 0.2) is 0 Å². The van der Waals surface area contributed by atoms with Crippen molar-refractivity contribution in [3.05, 3.63) is 83.6 Å². The number of anilines is 2. The van der Waals surface area contributed by atoms with Crippen LogP contribution in [0.3, 0.4) is 0 Å². The van der Waals surface area contributed by atoms with Crippen LogP contribution in [0, 0.1) is 13.8 Å². The molecule has 0 saturated carbocycles. The van der Waals surface area contributed by atoms with Gasteiger partial charge in [-0.05, 0) is 73.3 Å². The summed E-state index contributed by atoms with van der Waals surface area (Å²) < 4.78 is 0. The highest BCUT2D eigenvalue weighted by atomic mass is 15.0. The molecule has 0 bridgehead atoms. The molecule has 3 N–H and O–H groups in total. The van der Waals surface area contributed by atoms with E-state index in [1.54, 1.807) is 0 Å². The molecule has 3 aromatic heterocycles. The Morgan fingerprint density at radius 1 is 0.821 bits per heavy atom. The summed E-state index contributed by atoms with van der Waals surface area (Å²) in [5.74, 6) is 1.60. The zero-order chi connectivity index (χ0) is 19.1. The summed E-state index contributed by atoms with van der Waals surface area (Å²) in [6.07, 6.45) is 2.51. The van der Waals surface area contributed by atoms with Crippen LogP contribution in [0.25, 0.3) is 21.8 Å². The normalized spacial score (nSPS) is 11.4. The topological polar surface area (TPSA) is 69.4 Å². The second kappa shape index (κ2) is 6.53. The molecule has 0 spiro atoms. The summed E-state index contributed by atoms with van der Waals surface area (Å²) >= 11 is 0. The largest absolute Gasteiger partial charge is 0.359 e. The Balaban J connectivity index is 1.38. The van der Waals surface area contributed by atoms with E-state index < -0.39 is 0 Å². The fourth-order valence-corrected chi connectivity index (χ4v) is 3.68. The van der Waals surface area contributed by atoms with Gasteiger partial charge in [-0.1, -0.05) is 6.07 Å². The lowest BCUT2D eigenvalue weighted by Gasteiger charge is -2.07. The third-order valence-corrected chi connectivity index (χ3v) is 4.92. The molecule has 0 aliphatic carbocycles. The average Bonchev–Trinajstić information content (AvgIpc) is 3.21. The smallest absolute Gasteiger partial charge is 0.135 e. The van der Waals surface area contributed by atoms with Crippen molar-refractivity contribution in [2.75, 3.05) is 5.32 Å². The van der Waals surface area contributed by atoms with Gasteiger partial charge in [-0.25, -0.2) is 9.97 Å². The predicted molar refractivity (Wildman–Crippen MR) is 114 cm³/mol. The Hall–Kier alpha value is -3.60. The number of hydrogen-bond acceptors (Lipinski definition) is 3. The minimum absolute atomic E-state index is 0.700. The zero-order valence-corrected chi connectivity index (χ0v) is 15.9. The highest BCUT2D eigenvalue weighted by Crippen LogP contribution is 2.23. The van der Waals surface area contributed by atoms with Gasteiger partial charge in [0.2, 0.25) is 0 Å². The van der Waals surface area contributed by atoms with Gasteiger partial charge in [0.1, 0.15) is 11.6 Å². The minimum atomic E-state index is 0.700. The number of rotatable bonds is 4. The molecule has 0 amide bonds. The highest BCUT2D eigenvalue weighted by molar-refractivity contribution is 5.84.